The van der Waals surface area contributed by atoms with Crippen LogP contribution in [0.25, 0.3) is 0 Å². The summed E-state index contributed by atoms with van der Waals surface area (Å²) in [4.78, 5) is 11.9. The number of amides is 1. The Morgan fingerprint density at radius 3 is 2.64 bits per heavy atom. The molecule has 2 rings (SSSR count). The molecule has 116 valence electrons. The highest BCUT2D eigenvalue weighted by Gasteiger charge is 2.14. The molecule has 0 bridgehead atoms. The fourth-order valence-electron chi connectivity index (χ4n) is 1.91. The molecule has 0 aliphatic heterocycles. The molecule has 0 radical (unpaired) electrons. The summed E-state index contributed by atoms with van der Waals surface area (Å²) in [6.45, 7) is 2.53. The van der Waals surface area contributed by atoms with Gasteiger partial charge >= 0.3 is 0 Å². The fourth-order valence-corrected chi connectivity index (χ4v) is 2.98. The van der Waals surface area contributed by atoms with E-state index in [4.69, 9.17) is 11.6 Å². The molecule has 0 unspecified atom stereocenters. The van der Waals surface area contributed by atoms with Gasteiger partial charge in [-0.1, -0.05) is 47.5 Å². The molecule has 1 N–H and O–H groups in total. The van der Waals surface area contributed by atoms with Crippen LogP contribution in [-0.2, 0) is 5.75 Å². The number of thioether (sulfide) groups is 1. The normalized spacial score (nSPS) is 10.5. The first-order valence-corrected chi connectivity index (χ1v) is 8.46. The molecule has 0 saturated heterocycles. The summed E-state index contributed by atoms with van der Waals surface area (Å²) in [7, 11) is 0. The van der Waals surface area contributed by atoms with E-state index in [0.29, 0.717) is 6.54 Å². The van der Waals surface area contributed by atoms with Crippen molar-refractivity contribution in [3.63, 3.8) is 0 Å². The van der Waals surface area contributed by atoms with Crippen molar-refractivity contribution >= 4 is 29.3 Å². The molecule has 0 saturated carbocycles. The van der Waals surface area contributed by atoms with Crippen LogP contribution in [-0.4, -0.2) is 18.2 Å². The molecular weight excluding hydrogens is 321 g/mol. The number of nitrogens with one attached hydrogen (secondary N) is 1. The van der Waals surface area contributed by atoms with Crippen LogP contribution in [0.2, 0.25) is 5.02 Å². The van der Waals surface area contributed by atoms with Crippen LogP contribution in [0.15, 0.2) is 42.5 Å². The number of halogens is 2. The second-order valence-corrected chi connectivity index (χ2v) is 6.40. The van der Waals surface area contributed by atoms with Crippen LogP contribution in [0, 0.1) is 12.7 Å². The first-order chi connectivity index (χ1) is 10.6. The van der Waals surface area contributed by atoms with Gasteiger partial charge in [-0.15, -0.1) is 0 Å². The summed E-state index contributed by atoms with van der Waals surface area (Å²) >= 11 is 7.57. The molecule has 0 heterocycles. The lowest BCUT2D eigenvalue weighted by Gasteiger charge is -2.07. The van der Waals surface area contributed by atoms with E-state index in [1.165, 1.54) is 29.3 Å². The number of hydrogen-bond acceptors (Lipinski definition) is 2. The molecule has 0 aliphatic carbocycles. The van der Waals surface area contributed by atoms with Crippen molar-refractivity contribution < 1.29 is 9.18 Å². The van der Waals surface area contributed by atoms with E-state index >= 15 is 0 Å². The van der Waals surface area contributed by atoms with Gasteiger partial charge in [0.2, 0.25) is 0 Å². The third kappa shape index (κ3) is 4.75. The molecule has 0 aliphatic rings. The summed E-state index contributed by atoms with van der Waals surface area (Å²) < 4.78 is 13.6. The Labute approximate surface area is 139 Å². The summed E-state index contributed by atoms with van der Waals surface area (Å²) in [5, 5.41) is 2.82. The summed E-state index contributed by atoms with van der Waals surface area (Å²) in [5.41, 5.74) is 2.40. The minimum absolute atomic E-state index is 0.0901. The van der Waals surface area contributed by atoms with Gasteiger partial charge in [-0.3, -0.25) is 4.79 Å². The molecule has 22 heavy (non-hydrogen) atoms. The average molecular weight is 338 g/mol. The van der Waals surface area contributed by atoms with E-state index in [9.17, 15) is 9.18 Å². The first-order valence-electron chi connectivity index (χ1n) is 6.93. The second kappa shape index (κ2) is 8.20. The molecule has 0 aromatic heterocycles. The van der Waals surface area contributed by atoms with Gasteiger partial charge in [0, 0.05) is 18.1 Å². The molecule has 5 heteroatoms. The largest absolute Gasteiger partial charge is 0.351 e. The van der Waals surface area contributed by atoms with Crippen molar-refractivity contribution in [1.29, 1.82) is 0 Å². The Kier molecular flexibility index (Phi) is 6.28. The number of carbonyl (C=O) groups excluding carboxylic acids is 1. The lowest BCUT2D eigenvalue weighted by Crippen LogP contribution is -2.27. The van der Waals surface area contributed by atoms with Gasteiger partial charge in [0.05, 0.1) is 10.6 Å². The second-order valence-electron chi connectivity index (χ2n) is 4.89. The van der Waals surface area contributed by atoms with Crippen molar-refractivity contribution in [2.75, 3.05) is 12.3 Å². The molecule has 2 nitrogen and oxygen atoms in total. The smallest absolute Gasteiger partial charge is 0.255 e. The van der Waals surface area contributed by atoms with Crippen LogP contribution < -0.4 is 5.32 Å². The monoisotopic (exact) mass is 337 g/mol. The zero-order valence-corrected chi connectivity index (χ0v) is 13.8. The van der Waals surface area contributed by atoms with Crippen molar-refractivity contribution in [1.82, 2.24) is 5.32 Å². The summed E-state index contributed by atoms with van der Waals surface area (Å²) in [6, 6.07) is 12.6. The van der Waals surface area contributed by atoms with Gasteiger partial charge in [0.25, 0.3) is 5.91 Å². The van der Waals surface area contributed by atoms with Gasteiger partial charge in [-0.2, -0.15) is 11.8 Å². The standard InChI is InChI=1S/C17H17ClFNOS/c1-12-5-7-13(8-6-12)11-22-10-9-20-17(21)16-14(18)3-2-4-15(16)19/h2-8H,9-11H2,1H3,(H,20,21). The van der Waals surface area contributed by atoms with E-state index in [2.05, 4.69) is 36.5 Å². The maximum absolute atomic E-state index is 13.6. The predicted octanol–water partition coefficient (Wildman–Crippen LogP) is 4.45. The number of benzene rings is 2. The zero-order valence-electron chi connectivity index (χ0n) is 12.2. The van der Waals surface area contributed by atoms with Gasteiger partial charge < -0.3 is 5.32 Å². The lowest BCUT2D eigenvalue weighted by molar-refractivity contribution is 0.0952. The maximum atomic E-state index is 13.6. The highest BCUT2D eigenvalue weighted by molar-refractivity contribution is 7.98. The number of carbonyl (C=O) groups is 1. The third-order valence-electron chi connectivity index (χ3n) is 3.11. The minimum Gasteiger partial charge on any atom is -0.351 e. The Morgan fingerprint density at radius 1 is 1.23 bits per heavy atom. The zero-order chi connectivity index (χ0) is 15.9. The Balaban J connectivity index is 1.74. The van der Waals surface area contributed by atoms with Gasteiger partial charge in [0.1, 0.15) is 5.82 Å². The average Bonchev–Trinajstić information content (AvgIpc) is 2.48. The third-order valence-corrected chi connectivity index (χ3v) is 4.46. The van der Waals surface area contributed by atoms with Crippen molar-refractivity contribution in [2.24, 2.45) is 0 Å². The van der Waals surface area contributed by atoms with Crippen molar-refractivity contribution in [3.8, 4) is 0 Å². The van der Waals surface area contributed by atoms with E-state index in [0.717, 1.165) is 11.5 Å². The SMILES string of the molecule is Cc1ccc(CSCCNC(=O)c2c(F)cccc2Cl)cc1. The molecule has 1 amide bonds. The fraction of sp³-hybridized carbons (Fsp3) is 0.235. The molecule has 0 spiro atoms. The molecule has 2 aromatic carbocycles. The molecular formula is C17H17ClFNOS. The number of hydrogen-bond donors (Lipinski definition) is 1. The van der Waals surface area contributed by atoms with Crippen molar-refractivity contribution in [2.45, 2.75) is 12.7 Å². The van der Waals surface area contributed by atoms with E-state index in [1.807, 2.05) is 0 Å². The lowest BCUT2D eigenvalue weighted by atomic mass is 10.2. The molecule has 0 atom stereocenters. The van der Waals surface area contributed by atoms with Crippen LogP contribution in [0.5, 0.6) is 0 Å². The quantitative estimate of drug-likeness (QED) is 0.789. The predicted molar refractivity (Wildman–Crippen MR) is 91.1 cm³/mol. The van der Waals surface area contributed by atoms with Crippen LogP contribution in [0.1, 0.15) is 21.5 Å². The van der Waals surface area contributed by atoms with E-state index in [1.54, 1.807) is 11.8 Å². The van der Waals surface area contributed by atoms with Crippen molar-refractivity contribution in [3.05, 3.63) is 70.0 Å². The van der Waals surface area contributed by atoms with Crippen LogP contribution >= 0.6 is 23.4 Å². The maximum Gasteiger partial charge on any atom is 0.255 e. The Hall–Kier alpha value is -1.52. The summed E-state index contributed by atoms with van der Waals surface area (Å²) in [5.74, 6) is 0.568. The number of aryl methyl sites for hydroxylation is 1. The highest BCUT2D eigenvalue weighted by Crippen LogP contribution is 2.18. The minimum atomic E-state index is -0.600. The summed E-state index contributed by atoms with van der Waals surface area (Å²) in [6.07, 6.45) is 0. The number of rotatable bonds is 6. The van der Waals surface area contributed by atoms with E-state index in [-0.39, 0.29) is 10.6 Å². The Bertz CT molecular complexity index is 625. The Morgan fingerprint density at radius 2 is 1.95 bits per heavy atom. The topological polar surface area (TPSA) is 29.1 Å². The van der Waals surface area contributed by atoms with Crippen LogP contribution in [0.4, 0.5) is 4.39 Å². The highest BCUT2D eigenvalue weighted by atomic mass is 35.5. The van der Waals surface area contributed by atoms with Crippen LogP contribution in [0.3, 0.4) is 0 Å². The van der Waals surface area contributed by atoms with Gasteiger partial charge in [0.15, 0.2) is 0 Å². The first kappa shape index (κ1) is 16.8. The van der Waals surface area contributed by atoms with Gasteiger partial charge in [-0.05, 0) is 24.6 Å². The van der Waals surface area contributed by atoms with Gasteiger partial charge in [-0.25, -0.2) is 4.39 Å². The molecule has 2 aromatic rings. The van der Waals surface area contributed by atoms with E-state index < -0.39 is 11.7 Å². The molecule has 0 fully saturated rings.